The zero-order valence-corrected chi connectivity index (χ0v) is 9.77. The largest absolute Gasteiger partial charge is 0.389 e. The Morgan fingerprint density at radius 3 is 3.00 bits per heavy atom. The summed E-state index contributed by atoms with van der Waals surface area (Å²) >= 11 is 0. The number of aromatic nitrogens is 2. The minimum absolute atomic E-state index is 0.0901. The Kier molecular flexibility index (Phi) is 3.25. The molecular weight excluding hydrogens is 208 g/mol. The maximum absolute atomic E-state index is 10.4. The minimum Gasteiger partial charge on any atom is -0.389 e. The molecule has 16 heavy (non-hydrogen) atoms. The zero-order valence-electron chi connectivity index (χ0n) is 9.77. The van der Waals surface area contributed by atoms with Gasteiger partial charge in [0.05, 0.1) is 18.1 Å². The molecule has 0 unspecified atom stereocenters. The first kappa shape index (κ1) is 11.5. The summed E-state index contributed by atoms with van der Waals surface area (Å²) in [7, 11) is 0. The third kappa shape index (κ3) is 2.59. The summed E-state index contributed by atoms with van der Waals surface area (Å²) in [5.41, 5.74) is -0.755. The SMILES string of the molecule is CCc1noc(C[C@@]2(O)CCO[C@H](C)C2)n1. The average molecular weight is 226 g/mol. The molecule has 1 aliphatic heterocycles. The van der Waals surface area contributed by atoms with Crippen LogP contribution in [0.3, 0.4) is 0 Å². The standard InChI is InChI=1S/C11H18N2O3/c1-3-9-12-10(16-13-9)7-11(14)4-5-15-8(2)6-11/h8,14H,3-7H2,1-2H3/t8-,11-/m1/s1. The first-order valence-corrected chi connectivity index (χ1v) is 5.77. The van der Waals surface area contributed by atoms with Crippen LogP contribution in [0.15, 0.2) is 4.52 Å². The molecule has 0 spiro atoms. The summed E-state index contributed by atoms with van der Waals surface area (Å²) in [4.78, 5) is 4.21. The molecule has 0 amide bonds. The first-order chi connectivity index (χ1) is 7.61. The van der Waals surface area contributed by atoms with E-state index in [1.807, 2.05) is 13.8 Å². The van der Waals surface area contributed by atoms with Gasteiger partial charge in [-0.1, -0.05) is 12.1 Å². The van der Waals surface area contributed by atoms with Crippen LogP contribution in [0.5, 0.6) is 0 Å². The van der Waals surface area contributed by atoms with Crippen LogP contribution >= 0.6 is 0 Å². The molecule has 2 heterocycles. The van der Waals surface area contributed by atoms with Crippen LogP contribution in [-0.2, 0) is 17.6 Å². The molecule has 1 saturated heterocycles. The molecule has 0 saturated carbocycles. The van der Waals surface area contributed by atoms with Crippen LogP contribution in [0.1, 0.15) is 38.4 Å². The summed E-state index contributed by atoms with van der Waals surface area (Å²) in [6.45, 7) is 4.53. The van der Waals surface area contributed by atoms with E-state index in [2.05, 4.69) is 10.1 Å². The number of nitrogens with zero attached hydrogens (tertiary/aromatic N) is 2. The Balaban J connectivity index is 2.02. The smallest absolute Gasteiger partial charge is 0.229 e. The minimum atomic E-state index is -0.755. The van der Waals surface area contributed by atoms with Gasteiger partial charge in [-0.25, -0.2) is 0 Å². The molecule has 1 fully saturated rings. The number of ether oxygens (including phenoxy) is 1. The molecule has 1 N–H and O–H groups in total. The molecule has 0 bridgehead atoms. The van der Waals surface area contributed by atoms with Crippen molar-refractivity contribution in [3.8, 4) is 0 Å². The van der Waals surface area contributed by atoms with E-state index in [1.165, 1.54) is 0 Å². The monoisotopic (exact) mass is 226 g/mol. The summed E-state index contributed by atoms with van der Waals surface area (Å²) in [6.07, 6.45) is 2.51. The summed E-state index contributed by atoms with van der Waals surface area (Å²) in [6, 6.07) is 0. The Bertz CT molecular complexity index is 353. The van der Waals surface area contributed by atoms with E-state index in [0.29, 0.717) is 37.6 Å². The van der Waals surface area contributed by atoms with Crippen LogP contribution in [0, 0.1) is 0 Å². The topological polar surface area (TPSA) is 68.4 Å². The summed E-state index contributed by atoms with van der Waals surface area (Å²) in [5.74, 6) is 1.21. The highest BCUT2D eigenvalue weighted by molar-refractivity contribution is 4.95. The number of aliphatic hydroxyl groups is 1. The maximum atomic E-state index is 10.4. The molecule has 1 aromatic heterocycles. The van der Waals surface area contributed by atoms with Gasteiger partial charge >= 0.3 is 0 Å². The second-order valence-electron chi connectivity index (χ2n) is 4.49. The highest BCUT2D eigenvalue weighted by Crippen LogP contribution is 2.27. The predicted molar refractivity (Wildman–Crippen MR) is 57.0 cm³/mol. The Morgan fingerprint density at radius 1 is 1.56 bits per heavy atom. The molecule has 0 aliphatic carbocycles. The molecule has 0 aromatic carbocycles. The van der Waals surface area contributed by atoms with Crippen molar-refractivity contribution in [3.63, 3.8) is 0 Å². The van der Waals surface area contributed by atoms with E-state index in [4.69, 9.17) is 9.26 Å². The maximum Gasteiger partial charge on any atom is 0.229 e. The quantitative estimate of drug-likeness (QED) is 0.836. The van der Waals surface area contributed by atoms with Gasteiger partial charge < -0.3 is 14.4 Å². The van der Waals surface area contributed by atoms with E-state index in [0.717, 1.165) is 6.42 Å². The van der Waals surface area contributed by atoms with Gasteiger partial charge in [-0.15, -0.1) is 0 Å². The van der Waals surface area contributed by atoms with Gasteiger partial charge in [-0.2, -0.15) is 4.98 Å². The first-order valence-electron chi connectivity index (χ1n) is 5.77. The van der Waals surface area contributed by atoms with Crippen molar-refractivity contribution >= 4 is 0 Å². The van der Waals surface area contributed by atoms with Crippen LogP contribution in [0.4, 0.5) is 0 Å². The van der Waals surface area contributed by atoms with Crippen molar-refractivity contribution in [2.24, 2.45) is 0 Å². The van der Waals surface area contributed by atoms with Gasteiger partial charge in [-0.05, 0) is 6.92 Å². The van der Waals surface area contributed by atoms with Crippen molar-refractivity contribution < 1.29 is 14.4 Å². The molecule has 5 heteroatoms. The van der Waals surface area contributed by atoms with Gasteiger partial charge in [0, 0.05) is 25.9 Å². The second-order valence-corrected chi connectivity index (χ2v) is 4.49. The third-order valence-corrected chi connectivity index (χ3v) is 2.94. The number of rotatable bonds is 3. The number of hydrogen-bond acceptors (Lipinski definition) is 5. The number of hydrogen-bond donors (Lipinski definition) is 1. The van der Waals surface area contributed by atoms with Crippen LogP contribution < -0.4 is 0 Å². The molecule has 2 rings (SSSR count). The van der Waals surface area contributed by atoms with Gasteiger partial charge in [-0.3, -0.25) is 0 Å². The third-order valence-electron chi connectivity index (χ3n) is 2.94. The zero-order chi connectivity index (χ0) is 11.6. The van der Waals surface area contributed by atoms with Crippen LogP contribution in [0.25, 0.3) is 0 Å². The van der Waals surface area contributed by atoms with E-state index >= 15 is 0 Å². The fourth-order valence-corrected chi connectivity index (χ4v) is 2.09. The van der Waals surface area contributed by atoms with Crippen LogP contribution in [-0.4, -0.2) is 33.6 Å². The highest BCUT2D eigenvalue weighted by atomic mass is 16.5. The highest BCUT2D eigenvalue weighted by Gasteiger charge is 2.35. The Morgan fingerprint density at radius 2 is 2.38 bits per heavy atom. The van der Waals surface area contributed by atoms with E-state index < -0.39 is 5.60 Å². The second kappa shape index (κ2) is 4.51. The van der Waals surface area contributed by atoms with E-state index in [1.54, 1.807) is 0 Å². The van der Waals surface area contributed by atoms with Gasteiger partial charge in [0.15, 0.2) is 5.82 Å². The van der Waals surface area contributed by atoms with Crippen molar-refractivity contribution in [3.05, 3.63) is 11.7 Å². The lowest BCUT2D eigenvalue weighted by Gasteiger charge is -2.34. The lowest BCUT2D eigenvalue weighted by Crippen LogP contribution is -2.41. The fraction of sp³-hybridized carbons (Fsp3) is 0.818. The molecule has 2 atom stereocenters. The predicted octanol–water partition coefficient (Wildman–Crippen LogP) is 1.10. The van der Waals surface area contributed by atoms with Gasteiger partial charge in [0.25, 0.3) is 0 Å². The Hall–Kier alpha value is -0.940. The molecule has 1 aromatic rings. The van der Waals surface area contributed by atoms with Crippen LogP contribution in [0.2, 0.25) is 0 Å². The van der Waals surface area contributed by atoms with Crippen molar-refractivity contribution in [1.82, 2.24) is 10.1 Å². The van der Waals surface area contributed by atoms with Crippen molar-refractivity contribution in [2.75, 3.05) is 6.61 Å². The Labute approximate surface area is 94.8 Å². The van der Waals surface area contributed by atoms with Crippen molar-refractivity contribution in [2.45, 2.75) is 51.2 Å². The molecule has 90 valence electrons. The molecule has 0 radical (unpaired) electrons. The number of aryl methyl sites for hydroxylation is 1. The average Bonchev–Trinajstić information content (AvgIpc) is 2.64. The van der Waals surface area contributed by atoms with E-state index in [-0.39, 0.29) is 6.10 Å². The normalized spacial score (nSPS) is 30.6. The van der Waals surface area contributed by atoms with Crippen molar-refractivity contribution in [1.29, 1.82) is 0 Å². The summed E-state index contributed by atoms with van der Waals surface area (Å²) in [5, 5.41) is 14.2. The van der Waals surface area contributed by atoms with Gasteiger partial charge in [0.2, 0.25) is 5.89 Å². The lowest BCUT2D eigenvalue weighted by molar-refractivity contribution is -0.0987. The van der Waals surface area contributed by atoms with Gasteiger partial charge in [0.1, 0.15) is 0 Å². The molecule has 5 nitrogen and oxygen atoms in total. The fourth-order valence-electron chi connectivity index (χ4n) is 2.09. The molecule has 1 aliphatic rings. The van der Waals surface area contributed by atoms with E-state index in [9.17, 15) is 5.11 Å². The molecular formula is C11H18N2O3. The lowest BCUT2D eigenvalue weighted by atomic mass is 9.88. The summed E-state index contributed by atoms with van der Waals surface area (Å²) < 4.78 is 10.5.